The first-order valence-corrected chi connectivity index (χ1v) is 1.04. The van der Waals surface area contributed by atoms with Crippen molar-refractivity contribution in [2.24, 2.45) is 5.73 Å². The third kappa shape index (κ3) is 1410. The lowest BCUT2D eigenvalue weighted by molar-refractivity contribution is 1.42. The maximum Gasteiger partial charge on any atom is 0.0873 e. The van der Waals surface area contributed by atoms with E-state index < -0.39 is 0 Å². The van der Waals surface area contributed by atoms with Crippen LogP contribution in [-0.4, -0.2) is 5.84 Å². The molecular formula is C2H9N2P. The first-order valence-electron chi connectivity index (χ1n) is 1.04. The molecule has 0 fully saturated rings. The van der Waals surface area contributed by atoms with E-state index in [4.69, 9.17) is 11.1 Å². The molecule has 0 aliphatic heterocycles. The maximum atomic E-state index is 6.28. The number of hydrogen-bond donors (Lipinski definition) is 2. The van der Waals surface area contributed by atoms with Gasteiger partial charge in [0, 0.05) is 0 Å². The minimum absolute atomic E-state index is 0. The molecule has 1 atom stereocenters. The summed E-state index contributed by atoms with van der Waals surface area (Å²) in [5.74, 6) is 0.167. The number of nitrogens with two attached hydrogens (primary N) is 1. The predicted octanol–water partition coefficient (Wildman–Crippen LogP) is 0.000370. The van der Waals surface area contributed by atoms with Gasteiger partial charge in [0.2, 0.25) is 0 Å². The van der Waals surface area contributed by atoms with Crippen LogP contribution >= 0.6 is 9.90 Å². The van der Waals surface area contributed by atoms with Crippen molar-refractivity contribution in [3.63, 3.8) is 0 Å². The third-order valence-corrected chi connectivity index (χ3v) is 0. The molecule has 0 rings (SSSR count). The van der Waals surface area contributed by atoms with Gasteiger partial charge in [-0.2, -0.15) is 9.90 Å². The summed E-state index contributed by atoms with van der Waals surface area (Å²) in [6, 6.07) is 0. The van der Waals surface area contributed by atoms with Crippen LogP contribution in [0.3, 0.4) is 0 Å². The fraction of sp³-hybridized carbons (Fsp3) is 0.500. The smallest absolute Gasteiger partial charge is 0.0873 e. The zero-order valence-corrected chi connectivity index (χ0v) is 4.70. The Balaban J connectivity index is 0. The second kappa shape index (κ2) is 3.90. The monoisotopic (exact) mass is 92.1 g/mol. The number of amidine groups is 1. The molecule has 2 nitrogen and oxygen atoms in total. The second-order valence-corrected chi connectivity index (χ2v) is 0.683. The quantitative estimate of drug-likeness (QED) is 0.246. The Hall–Kier alpha value is -0.100. The summed E-state index contributed by atoms with van der Waals surface area (Å²) in [6.45, 7) is 1.53. The van der Waals surface area contributed by atoms with Gasteiger partial charge in [-0.3, -0.25) is 5.41 Å². The van der Waals surface area contributed by atoms with E-state index in [1.807, 2.05) is 0 Å². The van der Waals surface area contributed by atoms with Crippen molar-refractivity contribution < 1.29 is 0 Å². The van der Waals surface area contributed by atoms with Crippen LogP contribution in [0.5, 0.6) is 0 Å². The molecule has 0 aromatic rings. The van der Waals surface area contributed by atoms with E-state index in [9.17, 15) is 0 Å². The van der Waals surface area contributed by atoms with Gasteiger partial charge in [0.05, 0.1) is 5.84 Å². The van der Waals surface area contributed by atoms with Crippen molar-refractivity contribution >= 4 is 15.7 Å². The Bertz CT molecular complexity index is 30.6. The van der Waals surface area contributed by atoms with E-state index in [0.29, 0.717) is 0 Å². The van der Waals surface area contributed by atoms with Crippen LogP contribution < -0.4 is 5.73 Å². The maximum absolute atomic E-state index is 6.28. The van der Waals surface area contributed by atoms with Gasteiger partial charge < -0.3 is 5.73 Å². The zero-order valence-electron chi connectivity index (χ0n) is 3.28. The van der Waals surface area contributed by atoms with Crippen LogP contribution in [-0.2, 0) is 0 Å². The van der Waals surface area contributed by atoms with Crippen LogP contribution in [0.2, 0.25) is 0 Å². The van der Waals surface area contributed by atoms with Gasteiger partial charge in [-0.15, -0.1) is 0 Å². The molecule has 0 saturated carbocycles. The molecule has 0 bridgehead atoms. The summed E-state index contributed by atoms with van der Waals surface area (Å²) < 4.78 is 0. The molecule has 3 N–H and O–H groups in total. The fourth-order valence-electron chi connectivity index (χ4n) is 0. The van der Waals surface area contributed by atoms with Crippen molar-refractivity contribution in [3.8, 4) is 0 Å². The SMILES string of the molecule is CC(=N)N.P. The molecular weight excluding hydrogens is 83.0 g/mol. The van der Waals surface area contributed by atoms with E-state index in [1.165, 1.54) is 6.92 Å². The highest BCUT2D eigenvalue weighted by Crippen LogP contribution is 1.36. The Morgan fingerprint density at radius 2 is 1.80 bits per heavy atom. The number of rotatable bonds is 0. The molecule has 5 heavy (non-hydrogen) atoms. The van der Waals surface area contributed by atoms with E-state index in [-0.39, 0.29) is 15.7 Å². The molecule has 0 heterocycles. The van der Waals surface area contributed by atoms with Crippen LogP contribution in [0.15, 0.2) is 0 Å². The molecule has 0 saturated heterocycles. The van der Waals surface area contributed by atoms with E-state index in [2.05, 4.69) is 0 Å². The van der Waals surface area contributed by atoms with Crippen LogP contribution in [0.25, 0.3) is 0 Å². The van der Waals surface area contributed by atoms with Crippen molar-refractivity contribution in [2.45, 2.75) is 6.92 Å². The van der Waals surface area contributed by atoms with Gasteiger partial charge >= 0.3 is 0 Å². The zero-order chi connectivity index (χ0) is 3.58. The van der Waals surface area contributed by atoms with Crippen molar-refractivity contribution in [2.75, 3.05) is 0 Å². The molecule has 0 radical (unpaired) electrons. The summed E-state index contributed by atoms with van der Waals surface area (Å²) in [4.78, 5) is 0. The first-order chi connectivity index (χ1) is 1.73. The second-order valence-electron chi connectivity index (χ2n) is 0.683. The van der Waals surface area contributed by atoms with Crippen molar-refractivity contribution in [1.82, 2.24) is 0 Å². The van der Waals surface area contributed by atoms with Gasteiger partial charge in [-0.1, -0.05) is 0 Å². The van der Waals surface area contributed by atoms with Crippen molar-refractivity contribution in [1.29, 1.82) is 5.41 Å². The molecule has 0 amide bonds. The first kappa shape index (κ1) is 8.86. The molecule has 1 unspecified atom stereocenters. The standard InChI is InChI=1S/C2H6N2.H3P/c1-2(3)4;/h1H3,(H3,3,4);1H3. The molecule has 0 aliphatic carbocycles. The summed E-state index contributed by atoms with van der Waals surface area (Å²) in [5.41, 5.74) is 4.69. The van der Waals surface area contributed by atoms with Crippen LogP contribution in [0, 0.1) is 5.41 Å². The summed E-state index contributed by atoms with van der Waals surface area (Å²) in [5, 5.41) is 6.28. The van der Waals surface area contributed by atoms with Gasteiger partial charge in [0.15, 0.2) is 0 Å². The van der Waals surface area contributed by atoms with Gasteiger partial charge in [-0.25, -0.2) is 0 Å². The molecule has 0 spiro atoms. The molecule has 0 aliphatic rings. The topological polar surface area (TPSA) is 49.9 Å². The van der Waals surface area contributed by atoms with Gasteiger partial charge in [-0.05, 0) is 6.92 Å². The van der Waals surface area contributed by atoms with E-state index in [1.54, 1.807) is 0 Å². The highest BCUT2D eigenvalue weighted by Gasteiger charge is 1.53. The average molecular weight is 92.1 g/mol. The summed E-state index contributed by atoms with van der Waals surface area (Å²) in [6.07, 6.45) is 0. The predicted molar refractivity (Wildman–Crippen MR) is 28.7 cm³/mol. The van der Waals surface area contributed by atoms with Gasteiger partial charge in [0.25, 0.3) is 0 Å². The highest BCUT2D eigenvalue weighted by molar-refractivity contribution is 6.92. The number of nitrogens with one attached hydrogen (secondary N) is 1. The largest absolute Gasteiger partial charge is 0.388 e. The van der Waals surface area contributed by atoms with E-state index >= 15 is 0 Å². The average Bonchev–Trinajstić information content (AvgIpc) is 0.811. The normalized spacial score (nSPS) is 5.00. The van der Waals surface area contributed by atoms with Crippen LogP contribution in [0.1, 0.15) is 6.92 Å². The van der Waals surface area contributed by atoms with E-state index in [0.717, 1.165) is 0 Å². The molecule has 32 valence electrons. The minimum Gasteiger partial charge on any atom is -0.388 e. The fourth-order valence-corrected chi connectivity index (χ4v) is 0. The molecule has 3 heteroatoms. The van der Waals surface area contributed by atoms with Crippen LogP contribution in [0.4, 0.5) is 0 Å². The lowest BCUT2D eigenvalue weighted by Gasteiger charge is -1.66. The van der Waals surface area contributed by atoms with Gasteiger partial charge in [0.1, 0.15) is 0 Å². The van der Waals surface area contributed by atoms with Crippen molar-refractivity contribution in [3.05, 3.63) is 0 Å². The molecule has 0 aromatic carbocycles. The Kier molecular flexibility index (Phi) is 6.91. The lowest BCUT2D eigenvalue weighted by atomic mass is 10.8. The third-order valence-electron chi connectivity index (χ3n) is 0. The Labute approximate surface area is 34.9 Å². The highest BCUT2D eigenvalue weighted by atomic mass is 31.0. The Morgan fingerprint density at radius 1 is 1.80 bits per heavy atom. The minimum atomic E-state index is 0. The summed E-state index contributed by atoms with van der Waals surface area (Å²) >= 11 is 0. The Morgan fingerprint density at radius 3 is 1.80 bits per heavy atom. The number of hydrogen-bond acceptors (Lipinski definition) is 1. The molecule has 0 aromatic heterocycles. The lowest BCUT2D eigenvalue weighted by Crippen LogP contribution is -2.00. The summed E-state index contributed by atoms with van der Waals surface area (Å²) in [7, 11) is 0.